The molecule has 0 radical (unpaired) electrons. The van der Waals surface area contributed by atoms with Gasteiger partial charge in [-0.1, -0.05) is 140 Å². The summed E-state index contributed by atoms with van der Waals surface area (Å²) in [5, 5.41) is 0. The highest BCUT2D eigenvalue weighted by molar-refractivity contribution is 5.14. The summed E-state index contributed by atoms with van der Waals surface area (Å²) in [6.07, 6.45) is 7.84. The first-order valence-electron chi connectivity index (χ1n) is 16.7. The molecule has 0 heterocycles. The number of benzene rings is 2. The van der Waals surface area contributed by atoms with E-state index < -0.39 is 12.3 Å². The van der Waals surface area contributed by atoms with Gasteiger partial charge in [0.25, 0.3) is 0 Å². The predicted molar refractivity (Wildman–Crippen MR) is 171 cm³/mol. The van der Waals surface area contributed by atoms with Gasteiger partial charge in [0.1, 0.15) is 0 Å². The smallest absolute Gasteiger partial charge is 0.303 e. The van der Waals surface area contributed by atoms with E-state index in [9.17, 15) is 0 Å². The van der Waals surface area contributed by atoms with Crippen LogP contribution in [0.15, 0.2) is 60.7 Å². The maximum atomic E-state index is 6.66. The zero-order valence-electron chi connectivity index (χ0n) is 27.4. The highest BCUT2D eigenvalue weighted by Gasteiger charge is 2.50. The van der Waals surface area contributed by atoms with Crippen LogP contribution in [0.4, 0.5) is 0 Å². The summed E-state index contributed by atoms with van der Waals surface area (Å²) < 4.78 is 45.1. The molecule has 0 amide bonds. The SMILES string of the molecule is CCCCCOC(OCCCCC)(OCc1ccccc1)OC(OCCCCC)(OCCCCC)OCc1ccccc1. The van der Waals surface area contributed by atoms with Crippen molar-refractivity contribution < 1.29 is 33.2 Å². The molecule has 7 nitrogen and oxygen atoms in total. The fourth-order valence-corrected chi connectivity index (χ4v) is 4.27. The van der Waals surface area contributed by atoms with Crippen LogP contribution in [-0.4, -0.2) is 38.7 Å². The van der Waals surface area contributed by atoms with E-state index in [1.807, 2.05) is 60.7 Å². The first-order valence-corrected chi connectivity index (χ1v) is 16.7. The number of hydrogen-bond acceptors (Lipinski definition) is 7. The molecular weight excluding hydrogens is 544 g/mol. The van der Waals surface area contributed by atoms with E-state index in [0.29, 0.717) is 26.4 Å². The third-order valence-corrected chi connectivity index (χ3v) is 6.87. The molecule has 2 aromatic rings. The van der Waals surface area contributed by atoms with E-state index in [-0.39, 0.29) is 13.2 Å². The monoisotopic (exact) mass is 602 g/mol. The van der Waals surface area contributed by atoms with Crippen LogP contribution < -0.4 is 0 Å². The summed E-state index contributed by atoms with van der Waals surface area (Å²) in [5.74, 6) is 0. The molecule has 0 aliphatic carbocycles. The summed E-state index contributed by atoms with van der Waals surface area (Å²) in [5.41, 5.74) is 1.93. The van der Waals surface area contributed by atoms with Crippen LogP contribution in [0.5, 0.6) is 0 Å². The van der Waals surface area contributed by atoms with Crippen LogP contribution in [0.1, 0.15) is 116 Å². The average Bonchev–Trinajstić information content (AvgIpc) is 3.04. The Kier molecular flexibility index (Phi) is 20.4. The van der Waals surface area contributed by atoms with Gasteiger partial charge in [0, 0.05) is 0 Å². The summed E-state index contributed by atoms with van der Waals surface area (Å²) in [7, 11) is 0. The lowest BCUT2D eigenvalue weighted by molar-refractivity contribution is -0.623. The molecule has 7 heteroatoms. The van der Waals surface area contributed by atoms with Gasteiger partial charge in [0.05, 0.1) is 39.6 Å². The van der Waals surface area contributed by atoms with Crippen LogP contribution in [0, 0.1) is 0 Å². The molecule has 0 aliphatic heterocycles. The summed E-state index contributed by atoms with van der Waals surface area (Å²) in [6, 6.07) is 19.9. The van der Waals surface area contributed by atoms with Crippen LogP contribution in [-0.2, 0) is 46.4 Å². The molecular formula is C36H58O7. The van der Waals surface area contributed by atoms with E-state index in [4.69, 9.17) is 33.2 Å². The molecule has 0 bridgehead atoms. The number of unbranched alkanes of at least 4 members (excludes halogenated alkanes) is 8. The van der Waals surface area contributed by atoms with Crippen molar-refractivity contribution in [3.05, 3.63) is 71.8 Å². The van der Waals surface area contributed by atoms with Gasteiger partial charge in [0.2, 0.25) is 0 Å². The van der Waals surface area contributed by atoms with Crippen molar-refractivity contribution in [1.82, 2.24) is 0 Å². The molecule has 0 unspecified atom stereocenters. The van der Waals surface area contributed by atoms with Gasteiger partial charge in [0.15, 0.2) is 0 Å². The zero-order valence-corrected chi connectivity index (χ0v) is 27.4. The molecule has 0 saturated carbocycles. The molecule has 0 N–H and O–H groups in total. The zero-order chi connectivity index (χ0) is 30.9. The number of ether oxygens (including phenoxy) is 7. The van der Waals surface area contributed by atoms with Gasteiger partial charge in [-0.2, -0.15) is 0 Å². The highest BCUT2D eigenvalue weighted by Crippen LogP contribution is 2.32. The normalized spacial score (nSPS) is 12.2. The molecule has 0 aliphatic rings. The van der Waals surface area contributed by atoms with Gasteiger partial charge in [-0.25, -0.2) is 4.74 Å². The fourth-order valence-electron chi connectivity index (χ4n) is 4.27. The second-order valence-corrected chi connectivity index (χ2v) is 10.9. The molecule has 0 saturated heterocycles. The van der Waals surface area contributed by atoms with E-state index in [1.54, 1.807) is 0 Å². The van der Waals surface area contributed by atoms with Crippen LogP contribution >= 0.6 is 0 Å². The Morgan fingerprint density at radius 3 is 0.977 bits per heavy atom. The molecule has 244 valence electrons. The molecule has 0 fully saturated rings. The molecule has 0 aromatic heterocycles. The van der Waals surface area contributed by atoms with Gasteiger partial charge in [-0.3, -0.25) is 9.47 Å². The molecule has 2 rings (SSSR count). The van der Waals surface area contributed by atoms with Gasteiger partial charge < -0.3 is 18.9 Å². The van der Waals surface area contributed by atoms with Crippen molar-refractivity contribution >= 4 is 0 Å². The molecule has 2 aromatic carbocycles. The van der Waals surface area contributed by atoms with Gasteiger partial charge in [-0.05, 0) is 36.8 Å². The Labute approximate surface area is 261 Å². The Balaban J connectivity index is 2.45. The van der Waals surface area contributed by atoms with E-state index >= 15 is 0 Å². The third kappa shape index (κ3) is 16.2. The maximum Gasteiger partial charge on any atom is 0.419 e. The largest absolute Gasteiger partial charge is 0.419 e. The fraction of sp³-hybridized carbons (Fsp3) is 0.667. The van der Waals surface area contributed by atoms with Crippen molar-refractivity contribution in [2.75, 3.05) is 26.4 Å². The van der Waals surface area contributed by atoms with Crippen LogP contribution in [0.2, 0.25) is 0 Å². The first-order chi connectivity index (χ1) is 21.1. The van der Waals surface area contributed by atoms with E-state index in [1.165, 1.54) is 0 Å². The minimum atomic E-state index is -1.90. The Morgan fingerprint density at radius 1 is 0.395 bits per heavy atom. The summed E-state index contributed by atoms with van der Waals surface area (Å²) in [4.78, 5) is 0. The minimum Gasteiger partial charge on any atom is -0.303 e. The lowest BCUT2D eigenvalue weighted by Crippen LogP contribution is -2.54. The standard InChI is InChI=1S/C36H58O7/c1-5-9-19-27-37-35(38-28-20-10-6-2,41-31-33-23-15-13-16-24-33)43-36(39-29-21-11-7-3,40-30-22-12-8-4)42-32-34-25-17-14-18-26-34/h13-18,23-26H,5-12,19-22,27-32H2,1-4H3. The third-order valence-electron chi connectivity index (χ3n) is 6.87. The Hall–Kier alpha value is -1.84. The highest BCUT2D eigenvalue weighted by atomic mass is 17.1. The molecule has 43 heavy (non-hydrogen) atoms. The quantitative estimate of drug-likeness (QED) is 0.0710. The van der Waals surface area contributed by atoms with Crippen molar-refractivity contribution in [2.24, 2.45) is 0 Å². The van der Waals surface area contributed by atoms with E-state index in [0.717, 1.165) is 88.2 Å². The topological polar surface area (TPSA) is 64.6 Å². The summed E-state index contributed by atoms with van der Waals surface area (Å²) in [6.45, 7) is 10.6. The lowest BCUT2D eigenvalue weighted by Gasteiger charge is -2.40. The van der Waals surface area contributed by atoms with Crippen LogP contribution in [0.25, 0.3) is 0 Å². The average molecular weight is 603 g/mol. The van der Waals surface area contributed by atoms with E-state index in [2.05, 4.69) is 27.7 Å². The van der Waals surface area contributed by atoms with Crippen LogP contribution in [0.3, 0.4) is 0 Å². The van der Waals surface area contributed by atoms with Gasteiger partial charge >= 0.3 is 12.3 Å². The minimum absolute atomic E-state index is 0.211. The lowest BCUT2D eigenvalue weighted by atomic mass is 10.2. The Morgan fingerprint density at radius 2 is 0.698 bits per heavy atom. The van der Waals surface area contributed by atoms with Crippen molar-refractivity contribution in [1.29, 1.82) is 0 Å². The number of rotatable bonds is 28. The number of hydrogen-bond donors (Lipinski definition) is 0. The van der Waals surface area contributed by atoms with Crippen molar-refractivity contribution in [3.8, 4) is 0 Å². The summed E-state index contributed by atoms with van der Waals surface area (Å²) >= 11 is 0. The molecule has 0 spiro atoms. The molecule has 0 atom stereocenters. The van der Waals surface area contributed by atoms with Gasteiger partial charge in [-0.15, -0.1) is 0 Å². The second kappa shape index (κ2) is 23.5. The Bertz CT molecular complexity index is 795. The second-order valence-electron chi connectivity index (χ2n) is 10.9. The predicted octanol–water partition coefficient (Wildman–Crippen LogP) is 9.49. The van der Waals surface area contributed by atoms with Crippen molar-refractivity contribution in [3.63, 3.8) is 0 Å². The first kappa shape index (κ1) is 37.3. The maximum absolute atomic E-state index is 6.66. The van der Waals surface area contributed by atoms with Crippen molar-refractivity contribution in [2.45, 2.75) is 130 Å².